The number of benzene rings is 2. The van der Waals surface area contributed by atoms with E-state index in [1.54, 1.807) is 18.2 Å². The Balaban J connectivity index is 1.84. The predicted octanol–water partition coefficient (Wildman–Crippen LogP) is 3.31. The van der Waals surface area contributed by atoms with E-state index in [0.717, 1.165) is 24.0 Å². The van der Waals surface area contributed by atoms with E-state index in [4.69, 9.17) is 4.74 Å². The summed E-state index contributed by atoms with van der Waals surface area (Å²) in [7, 11) is -3.56. The monoisotopic (exact) mass is 359 g/mol. The van der Waals surface area contributed by atoms with Gasteiger partial charge in [0.25, 0.3) is 0 Å². The summed E-state index contributed by atoms with van der Waals surface area (Å²) >= 11 is 0. The molecule has 1 fully saturated rings. The summed E-state index contributed by atoms with van der Waals surface area (Å²) in [4.78, 5) is 12.6. The van der Waals surface area contributed by atoms with Gasteiger partial charge in [-0.25, -0.2) is 13.2 Å². The third-order valence-corrected chi connectivity index (χ3v) is 6.20. The molecular weight excluding hydrogens is 338 g/mol. The molecule has 0 amide bonds. The molecule has 6 heteroatoms. The minimum Gasteiger partial charge on any atom is -0.423 e. The van der Waals surface area contributed by atoms with Crippen LogP contribution in [0.5, 0.6) is 5.75 Å². The maximum Gasteiger partial charge on any atom is 0.343 e. The molecule has 1 aliphatic rings. The molecule has 1 heterocycles. The van der Waals surface area contributed by atoms with Gasteiger partial charge >= 0.3 is 5.97 Å². The van der Waals surface area contributed by atoms with Crippen LogP contribution in [0, 0.1) is 13.8 Å². The van der Waals surface area contributed by atoms with Gasteiger partial charge in [-0.1, -0.05) is 23.8 Å². The molecule has 1 saturated heterocycles. The summed E-state index contributed by atoms with van der Waals surface area (Å²) < 4.78 is 32.2. The molecule has 25 heavy (non-hydrogen) atoms. The SMILES string of the molecule is Cc1ccc(OC(=O)c2cccc(S(=O)(=O)N3CCCC3)c2)c(C)c1. The first-order valence-electron chi connectivity index (χ1n) is 8.27. The maximum absolute atomic E-state index is 12.6. The van der Waals surface area contributed by atoms with E-state index in [1.807, 2.05) is 26.0 Å². The van der Waals surface area contributed by atoms with Crippen molar-refractivity contribution in [3.63, 3.8) is 0 Å². The van der Waals surface area contributed by atoms with Crippen molar-refractivity contribution in [2.45, 2.75) is 31.6 Å². The van der Waals surface area contributed by atoms with Crippen LogP contribution in [0.1, 0.15) is 34.3 Å². The van der Waals surface area contributed by atoms with E-state index < -0.39 is 16.0 Å². The molecule has 2 aromatic carbocycles. The number of nitrogens with zero attached hydrogens (tertiary/aromatic N) is 1. The van der Waals surface area contributed by atoms with Gasteiger partial charge in [-0.3, -0.25) is 0 Å². The van der Waals surface area contributed by atoms with Crippen LogP contribution in [0.25, 0.3) is 0 Å². The Kier molecular flexibility index (Phi) is 4.92. The Morgan fingerprint density at radius 1 is 1.04 bits per heavy atom. The zero-order valence-corrected chi connectivity index (χ0v) is 15.2. The third-order valence-electron chi connectivity index (χ3n) is 4.31. The predicted molar refractivity (Wildman–Crippen MR) is 95.3 cm³/mol. The molecule has 0 bridgehead atoms. The van der Waals surface area contributed by atoms with Crippen molar-refractivity contribution in [1.29, 1.82) is 0 Å². The second kappa shape index (κ2) is 6.98. The van der Waals surface area contributed by atoms with E-state index in [-0.39, 0.29) is 10.5 Å². The van der Waals surface area contributed by atoms with Crippen molar-refractivity contribution >= 4 is 16.0 Å². The highest BCUT2D eigenvalue weighted by atomic mass is 32.2. The van der Waals surface area contributed by atoms with Gasteiger partial charge in [-0.15, -0.1) is 0 Å². The fourth-order valence-electron chi connectivity index (χ4n) is 2.93. The normalized spacial score (nSPS) is 15.3. The Morgan fingerprint density at radius 2 is 1.76 bits per heavy atom. The van der Waals surface area contributed by atoms with Crippen LogP contribution in [0.4, 0.5) is 0 Å². The van der Waals surface area contributed by atoms with Crippen LogP contribution in [0.15, 0.2) is 47.4 Å². The first-order valence-corrected chi connectivity index (χ1v) is 9.71. The Bertz CT molecular complexity index is 899. The second-order valence-corrected chi connectivity index (χ2v) is 8.24. The van der Waals surface area contributed by atoms with Crippen LogP contribution in [-0.4, -0.2) is 31.8 Å². The maximum atomic E-state index is 12.6. The lowest BCUT2D eigenvalue weighted by molar-refractivity contribution is 0.0733. The number of hydrogen-bond donors (Lipinski definition) is 0. The van der Waals surface area contributed by atoms with Gasteiger partial charge < -0.3 is 4.74 Å². The minimum absolute atomic E-state index is 0.129. The van der Waals surface area contributed by atoms with Crippen molar-refractivity contribution in [1.82, 2.24) is 4.31 Å². The number of ether oxygens (including phenoxy) is 1. The van der Waals surface area contributed by atoms with Crippen LogP contribution in [0.2, 0.25) is 0 Å². The highest BCUT2D eigenvalue weighted by Crippen LogP contribution is 2.23. The molecule has 1 aliphatic heterocycles. The van der Waals surface area contributed by atoms with Crippen LogP contribution in [-0.2, 0) is 10.0 Å². The molecule has 0 radical (unpaired) electrons. The molecule has 0 spiro atoms. The van der Waals surface area contributed by atoms with E-state index >= 15 is 0 Å². The van der Waals surface area contributed by atoms with Crippen molar-refractivity contribution in [3.8, 4) is 5.75 Å². The van der Waals surface area contributed by atoms with Gasteiger partial charge in [0.05, 0.1) is 10.5 Å². The molecular formula is C19H21NO4S. The average molecular weight is 359 g/mol. The summed E-state index contributed by atoms with van der Waals surface area (Å²) in [5.74, 6) is -0.0890. The molecule has 132 valence electrons. The average Bonchev–Trinajstić information content (AvgIpc) is 3.13. The van der Waals surface area contributed by atoms with Gasteiger partial charge in [0, 0.05) is 13.1 Å². The molecule has 0 atom stereocenters. The quantitative estimate of drug-likeness (QED) is 0.621. The summed E-state index contributed by atoms with van der Waals surface area (Å²) in [6.45, 7) is 4.88. The highest BCUT2D eigenvalue weighted by molar-refractivity contribution is 7.89. The van der Waals surface area contributed by atoms with Gasteiger partial charge in [0.1, 0.15) is 5.75 Å². The summed E-state index contributed by atoms with van der Waals surface area (Å²) in [5, 5.41) is 0. The number of hydrogen-bond acceptors (Lipinski definition) is 4. The van der Waals surface area contributed by atoms with E-state index in [0.29, 0.717) is 18.8 Å². The van der Waals surface area contributed by atoms with E-state index in [1.165, 1.54) is 16.4 Å². The van der Waals surface area contributed by atoms with Gasteiger partial charge in [0.2, 0.25) is 10.0 Å². The molecule has 0 aliphatic carbocycles. The van der Waals surface area contributed by atoms with Gasteiger partial charge in [-0.05, 0) is 56.5 Å². The number of aryl methyl sites for hydroxylation is 2. The van der Waals surface area contributed by atoms with Gasteiger partial charge in [-0.2, -0.15) is 4.31 Å². The van der Waals surface area contributed by atoms with Crippen LogP contribution in [0.3, 0.4) is 0 Å². The molecule has 2 aromatic rings. The summed E-state index contributed by atoms with van der Waals surface area (Å²) in [6.07, 6.45) is 1.74. The minimum atomic E-state index is -3.56. The lowest BCUT2D eigenvalue weighted by Crippen LogP contribution is -2.28. The standard InChI is InChI=1S/C19H21NO4S/c1-14-8-9-18(15(2)12-14)24-19(21)16-6-5-7-17(13-16)25(22,23)20-10-3-4-11-20/h5-9,12-13H,3-4,10-11H2,1-2H3. The van der Waals surface area contributed by atoms with Crippen molar-refractivity contribution in [2.24, 2.45) is 0 Å². The number of rotatable bonds is 4. The lowest BCUT2D eigenvalue weighted by Gasteiger charge is -2.16. The van der Waals surface area contributed by atoms with Crippen molar-refractivity contribution in [2.75, 3.05) is 13.1 Å². The molecule has 0 N–H and O–H groups in total. The largest absolute Gasteiger partial charge is 0.423 e. The Morgan fingerprint density at radius 3 is 2.44 bits per heavy atom. The van der Waals surface area contributed by atoms with Crippen molar-refractivity contribution in [3.05, 3.63) is 59.2 Å². The highest BCUT2D eigenvalue weighted by Gasteiger charge is 2.27. The topological polar surface area (TPSA) is 63.7 Å². The number of carbonyl (C=O) groups excluding carboxylic acids is 1. The number of carbonyl (C=O) groups is 1. The first kappa shape index (κ1) is 17.6. The molecule has 0 aromatic heterocycles. The zero-order valence-electron chi connectivity index (χ0n) is 14.4. The molecule has 3 rings (SSSR count). The first-order chi connectivity index (χ1) is 11.9. The molecule has 0 unspecified atom stereocenters. The number of sulfonamides is 1. The Hall–Kier alpha value is -2.18. The summed E-state index contributed by atoms with van der Waals surface area (Å²) in [5.41, 5.74) is 2.16. The number of esters is 1. The fraction of sp³-hybridized carbons (Fsp3) is 0.316. The van der Waals surface area contributed by atoms with Gasteiger partial charge in [0.15, 0.2) is 0 Å². The smallest absolute Gasteiger partial charge is 0.343 e. The van der Waals surface area contributed by atoms with Crippen LogP contribution >= 0.6 is 0 Å². The molecule has 5 nitrogen and oxygen atoms in total. The van der Waals surface area contributed by atoms with Crippen LogP contribution < -0.4 is 4.74 Å². The lowest BCUT2D eigenvalue weighted by atomic mass is 10.1. The fourth-order valence-corrected chi connectivity index (χ4v) is 4.50. The zero-order chi connectivity index (χ0) is 18.0. The third kappa shape index (κ3) is 3.75. The van der Waals surface area contributed by atoms with Crippen molar-refractivity contribution < 1.29 is 17.9 Å². The Labute approximate surface area is 148 Å². The second-order valence-electron chi connectivity index (χ2n) is 6.30. The van der Waals surface area contributed by atoms with E-state index in [9.17, 15) is 13.2 Å². The van der Waals surface area contributed by atoms with E-state index in [2.05, 4.69) is 0 Å². The summed E-state index contributed by atoms with van der Waals surface area (Å²) in [6, 6.07) is 11.6. The molecule has 0 saturated carbocycles.